The van der Waals surface area contributed by atoms with E-state index < -0.39 is 0 Å². The molecule has 2 atom stereocenters. The average molecular weight is 210 g/mol. The highest BCUT2D eigenvalue weighted by Crippen LogP contribution is 2.45. The summed E-state index contributed by atoms with van der Waals surface area (Å²) in [5.74, 6) is 1.68. The molecule has 0 rings (SSSR count). The van der Waals surface area contributed by atoms with E-state index in [1.54, 1.807) is 0 Å². The largest absolute Gasteiger partial charge is 0.102 e. The van der Waals surface area contributed by atoms with Gasteiger partial charge >= 0.3 is 0 Å². The molecule has 0 bridgehead atoms. The minimum absolute atomic E-state index is 0.429. The highest BCUT2D eigenvalue weighted by molar-refractivity contribution is 6.09. The van der Waals surface area contributed by atoms with E-state index in [0.29, 0.717) is 10.8 Å². The normalized spacial score (nSPS) is 18.9. The van der Waals surface area contributed by atoms with E-state index in [0.717, 1.165) is 11.8 Å². The summed E-state index contributed by atoms with van der Waals surface area (Å²) < 4.78 is 0. The van der Waals surface area contributed by atoms with Gasteiger partial charge in [-0.2, -0.15) is 0 Å². The molecule has 0 amide bonds. The maximum atomic E-state index is 2.46. The van der Waals surface area contributed by atoms with Gasteiger partial charge in [0.05, 0.1) is 0 Å². The lowest BCUT2D eigenvalue weighted by molar-refractivity contribution is 0.107. The van der Waals surface area contributed by atoms with E-state index in [4.69, 9.17) is 0 Å². The molecule has 0 aliphatic carbocycles. The van der Waals surface area contributed by atoms with Gasteiger partial charge in [-0.1, -0.05) is 54.8 Å². The lowest BCUT2D eigenvalue weighted by Gasteiger charge is -2.42. The molecule has 1 heteroatoms. The molecule has 0 aromatic carbocycles. The Bertz CT molecular complexity index is 178. The Morgan fingerprint density at radius 2 is 1.47 bits per heavy atom. The Morgan fingerprint density at radius 1 is 1.00 bits per heavy atom. The molecule has 0 heterocycles. The fourth-order valence-electron chi connectivity index (χ4n) is 1.96. The van der Waals surface area contributed by atoms with E-state index in [-0.39, 0.29) is 0 Å². The van der Waals surface area contributed by atoms with Crippen LogP contribution in [0.5, 0.6) is 0 Å². The van der Waals surface area contributed by atoms with Crippen LogP contribution in [-0.2, 0) is 0 Å². The molecule has 0 spiro atoms. The molecular formula is C14H31B. The molecule has 0 saturated heterocycles. The maximum absolute atomic E-state index is 2.46. The van der Waals surface area contributed by atoms with Gasteiger partial charge in [-0.25, -0.2) is 0 Å². The summed E-state index contributed by atoms with van der Waals surface area (Å²) in [6.45, 7) is 16.7. The second kappa shape index (κ2) is 5.41. The Labute approximate surface area is 98.6 Å². The zero-order valence-electron chi connectivity index (χ0n) is 12.3. The second-order valence-electron chi connectivity index (χ2n) is 6.92. The van der Waals surface area contributed by atoms with E-state index in [1.807, 2.05) is 0 Å². The Balaban J connectivity index is 4.35. The van der Waals surface area contributed by atoms with E-state index >= 15 is 0 Å². The summed E-state index contributed by atoms with van der Waals surface area (Å²) in [7, 11) is 2.34. The first kappa shape index (κ1) is 15.1. The molecule has 0 radical (unpaired) electrons. The van der Waals surface area contributed by atoms with Gasteiger partial charge in [0.2, 0.25) is 0 Å². The molecular weight excluding hydrogens is 179 g/mol. The Kier molecular flexibility index (Phi) is 5.43. The van der Waals surface area contributed by atoms with Crippen LogP contribution < -0.4 is 0 Å². The molecule has 90 valence electrons. The molecule has 0 saturated carbocycles. The molecule has 2 unspecified atom stereocenters. The van der Waals surface area contributed by atoms with E-state index in [2.05, 4.69) is 56.3 Å². The fraction of sp³-hybridized carbons (Fsp3) is 1.00. The van der Waals surface area contributed by atoms with Crippen molar-refractivity contribution in [2.24, 2.45) is 22.7 Å². The zero-order valence-corrected chi connectivity index (χ0v) is 12.3. The van der Waals surface area contributed by atoms with Gasteiger partial charge in [0.15, 0.2) is 0 Å². The highest BCUT2D eigenvalue weighted by atomic mass is 14.4. The third-order valence-corrected chi connectivity index (χ3v) is 4.88. The van der Waals surface area contributed by atoms with Crippen LogP contribution in [0.1, 0.15) is 61.3 Å². The minimum Gasteiger partial charge on any atom is -0.0753 e. The summed E-state index contributed by atoms with van der Waals surface area (Å²) in [4.78, 5) is 0. The standard InChI is InChI=1S/C14H31B/c1-11(2)12(3)8-9-14(7,10-15)13(4,5)6/h11-12H,8-10,15H2,1-7H3. The zero-order chi connectivity index (χ0) is 12.3. The molecule has 0 nitrogen and oxygen atoms in total. The predicted octanol–water partition coefficient (Wildman–Crippen LogP) is 4.16. The van der Waals surface area contributed by atoms with Crippen molar-refractivity contribution in [3.63, 3.8) is 0 Å². The molecule has 0 aliphatic heterocycles. The SMILES string of the molecule is BCC(C)(CCC(C)C(C)C)C(C)(C)C. The third-order valence-electron chi connectivity index (χ3n) is 4.88. The van der Waals surface area contributed by atoms with Crippen molar-refractivity contribution in [2.45, 2.75) is 67.6 Å². The number of hydrogen-bond acceptors (Lipinski definition) is 0. The van der Waals surface area contributed by atoms with Crippen LogP contribution in [0.15, 0.2) is 0 Å². The summed E-state index contributed by atoms with van der Waals surface area (Å²) in [5, 5.41) is 0. The van der Waals surface area contributed by atoms with E-state index in [1.165, 1.54) is 19.2 Å². The van der Waals surface area contributed by atoms with Crippen LogP contribution in [-0.4, -0.2) is 7.85 Å². The summed E-state index contributed by atoms with van der Waals surface area (Å²) in [6, 6.07) is 0. The molecule has 0 fully saturated rings. The fourth-order valence-corrected chi connectivity index (χ4v) is 1.96. The van der Waals surface area contributed by atoms with Gasteiger partial charge in [0.1, 0.15) is 7.85 Å². The third kappa shape index (κ3) is 4.21. The van der Waals surface area contributed by atoms with Crippen molar-refractivity contribution >= 4 is 7.85 Å². The molecule has 0 aromatic heterocycles. The van der Waals surface area contributed by atoms with Crippen molar-refractivity contribution < 1.29 is 0 Å². The first-order chi connectivity index (χ1) is 6.64. The van der Waals surface area contributed by atoms with Crippen molar-refractivity contribution in [2.75, 3.05) is 0 Å². The Morgan fingerprint density at radius 3 is 1.73 bits per heavy atom. The quantitative estimate of drug-likeness (QED) is 0.597. The minimum atomic E-state index is 0.429. The lowest BCUT2D eigenvalue weighted by atomic mass is 9.59. The molecule has 0 aromatic rings. The van der Waals surface area contributed by atoms with Gasteiger partial charge in [-0.3, -0.25) is 0 Å². The number of rotatable bonds is 5. The van der Waals surface area contributed by atoms with Crippen molar-refractivity contribution in [3.8, 4) is 0 Å². The summed E-state index contributed by atoms with van der Waals surface area (Å²) in [6.07, 6.45) is 4.03. The molecule has 0 N–H and O–H groups in total. The summed E-state index contributed by atoms with van der Waals surface area (Å²) in [5.41, 5.74) is 0.925. The van der Waals surface area contributed by atoms with E-state index in [9.17, 15) is 0 Å². The smallest absolute Gasteiger partial charge is 0.0753 e. The second-order valence-corrected chi connectivity index (χ2v) is 6.92. The van der Waals surface area contributed by atoms with Crippen LogP contribution in [0.4, 0.5) is 0 Å². The first-order valence-electron chi connectivity index (χ1n) is 6.64. The van der Waals surface area contributed by atoms with Crippen LogP contribution >= 0.6 is 0 Å². The molecule has 15 heavy (non-hydrogen) atoms. The number of hydrogen-bond donors (Lipinski definition) is 0. The maximum Gasteiger partial charge on any atom is 0.102 e. The topological polar surface area (TPSA) is 0 Å². The monoisotopic (exact) mass is 210 g/mol. The van der Waals surface area contributed by atoms with Crippen LogP contribution in [0, 0.1) is 22.7 Å². The highest BCUT2D eigenvalue weighted by Gasteiger charge is 2.35. The van der Waals surface area contributed by atoms with Crippen molar-refractivity contribution in [1.29, 1.82) is 0 Å². The Hall–Kier alpha value is 0.0649. The van der Waals surface area contributed by atoms with Gasteiger partial charge < -0.3 is 0 Å². The van der Waals surface area contributed by atoms with Gasteiger partial charge in [0.25, 0.3) is 0 Å². The predicted molar refractivity (Wildman–Crippen MR) is 74.1 cm³/mol. The lowest BCUT2D eigenvalue weighted by Crippen LogP contribution is -2.33. The van der Waals surface area contributed by atoms with Crippen LogP contribution in [0.2, 0.25) is 6.32 Å². The first-order valence-corrected chi connectivity index (χ1v) is 6.64. The van der Waals surface area contributed by atoms with Crippen LogP contribution in [0.3, 0.4) is 0 Å². The summed E-state index contributed by atoms with van der Waals surface area (Å²) >= 11 is 0. The van der Waals surface area contributed by atoms with Gasteiger partial charge in [-0.05, 0) is 35.5 Å². The molecule has 0 aliphatic rings. The van der Waals surface area contributed by atoms with Crippen molar-refractivity contribution in [1.82, 2.24) is 0 Å². The van der Waals surface area contributed by atoms with Gasteiger partial charge in [0, 0.05) is 0 Å². The van der Waals surface area contributed by atoms with Crippen molar-refractivity contribution in [3.05, 3.63) is 0 Å². The average Bonchev–Trinajstić information content (AvgIpc) is 2.11. The van der Waals surface area contributed by atoms with Crippen LogP contribution in [0.25, 0.3) is 0 Å². The van der Waals surface area contributed by atoms with Gasteiger partial charge in [-0.15, -0.1) is 0 Å².